The van der Waals surface area contributed by atoms with E-state index in [2.05, 4.69) is 5.32 Å². The maximum Gasteiger partial charge on any atom is 0.471 e. The van der Waals surface area contributed by atoms with Crippen LogP contribution in [-0.2, 0) is 16.0 Å². The number of carbonyl (C=O) groups is 2. The molecule has 1 saturated carbocycles. The summed E-state index contributed by atoms with van der Waals surface area (Å²) >= 11 is 0. The van der Waals surface area contributed by atoms with E-state index in [1.807, 2.05) is 30.3 Å². The molecule has 0 unspecified atom stereocenters. The average molecular weight is 440 g/mol. The van der Waals surface area contributed by atoms with Gasteiger partial charge in [0.1, 0.15) is 0 Å². The number of benzene rings is 1. The number of rotatable bonds is 9. The van der Waals surface area contributed by atoms with Crippen molar-refractivity contribution in [2.24, 2.45) is 5.73 Å². The molecule has 0 aliphatic heterocycles. The summed E-state index contributed by atoms with van der Waals surface area (Å²) < 4.78 is 39.4. The molecular weight excluding hydrogens is 407 g/mol. The molecule has 8 heteroatoms. The van der Waals surface area contributed by atoms with Crippen molar-refractivity contribution >= 4 is 11.8 Å². The van der Waals surface area contributed by atoms with Crippen LogP contribution in [0.15, 0.2) is 42.5 Å². The Hall–Kier alpha value is -2.35. The first-order valence-corrected chi connectivity index (χ1v) is 10.8. The van der Waals surface area contributed by atoms with Crippen LogP contribution in [0.25, 0.3) is 0 Å². The highest BCUT2D eigenvalue weighted by Crippen LogP contribution is 2.27. The average Bonchev–Trinajstić information content (AvgIpc) is 2.75. The van der Waals surface area contributed by atoms with Gasteiger partial charge in [0.05, 0.1) is 6.04 Å². The second-order valence-electron chi connectivity index (χ2n) is 8.10. The van der Waals surface area contributed by atoms with Gasteiger partial charge in [-0.15, -0.1) is 0 Å². The van der Waals surface area contributed by atoms with E-state index >= 15 is 0 Å². The highest BCUT2D eigenvalue weighted by Gasteiger charge is 2.44. The van der Waals surface area contributed by atoms with Crippen molar-refractivity contribution in [2.45, 2.75) is 76.2 Å². The second-order valence-corrected chi connectivity index (χ2v) is 8.10. The summed E-state index contributed by atoms with van der Waals surface area (Å²) in [7, 11) is 0. The van der Waals surface area contributed by atoms with Gasteiger partial charge in [0.25, 0.3) is 0 Å². The highest BCUT2D eigenvalue weighted by atomic mass is 19.4. The van der Waals surface area contributed by atoms with Gasteiger partial charge in [0.2, 0.25) is 5.91 Å². The number of nitrogens with two attached hydrogens (primary N) is 1. The minimum Gasteiger partial charge on any atom is -0.349 e. The first kappa shape index (κ1) is 24.9. The van der Waals surface area contributed by atoms with Crippen molar-refractivity contribution in [3.63, 3.8) is 0 Å². The molecule has 1 aliphatic rings. The number of carbonyl (C=O) groups excluding carboxylic acids is 2. The molecule has 0 heterocycles. The van der Waals surface area contributed by atoms with Gasteiger partial charge in [-0.2, -0.15) is 13.2 Å². The van der Waals surface area contributed by atoms with Gasteiger partial charge in [0, 0.05) is 18.6 Å². The fourth-order valence-corrected chi connectivity index (χ4v) is 3.79. The standard InChI is InChI=1S/C23H32F3N3O2/c1-17(27)21(30)28-19(15-14-18-9-4-2-5-10-18)11-8-16-29(22(31)23(24,25)26)20-12-6-3-7-13-20/h2,4-5,8-11,17,19-20H,3,6-7,12-16,27H2,1H3,(H,28,30)/b11-8+/t17-,19+/m0/s1. The molecule has 0 spiro atoms. The summed E-state index contributed by atoms with van der Waals surface area (Å²) in [4.78, 5) is 25.0. The van der Waals surface area contributed by atoms with Crippen LogP contribution in [0.4, 0.5) is 13.2 Å². The minimum atomic E-state index is -4.90. The Balaban J connectivity index is 2.08. The van der Waals surface area contributed by atoms with E-state index in [9.17, 15) is 22.8 Å². The normalized spacial score (nSPS) is 17.3. The van der Waals surface area contributed by atoms with Crippen LogP contribution in [0.2, 0.25) is 0 Å². The summed E-state index contributed by atoms with van der Waals surface area (Å²) in [5, 5.41) is 2.82. The number of hydrogen-bond donors (Lipinski definition) is 2. The van der Waals surface area contributed by atoms with Crippen LogP contribution >= 0.6 is 0 Å². The molecule has 0 saturated heterocycles. The number of nitrogens with zero attached hydrogens (tertiary/aromatic N) is 1. The summed E-state index contributed by atoms with van der Waals surface area (Å²) in [6, 6.07) is 8.20. The predicted molar refractivity (Wildman–Crippen MR) is 114 cm³/mol. The van der Waals surface area contributed by atoms with Gasteiger partial charge in [-0.1, -0.05) is 61.7 Å². The molecule has 2 amide bonds. The fraction of sp³-hybridized carbons (Fsp3) is 0.565. The highest BCUT2D eigenvalue weighted by molar-refractivity contribution is 5.82. The Morgan fingerprint density at radius 3 is 2.42 bits per heavy atom. The molecule has 1 aliphatic carbocycles. The number of amides is 2. The third-order valence-electron chi connectivity index (χ3n) is 5.52. The van der Waals surface area contributed by atoms with E-state index in [1.165, 1.54) is 0 Å². The molecule has 1 fully saturated rings. The third-order valence-corrected chi connectivity index (χ3v) is 5.52. The molecule has 0 aromatic heterocycles. The molecule has 0 radical (unpaired) electrons. The predicted octanol–water partition coefficient (Wildman–Crippen LogP) is 3.73. The fourth-order valence-electron chi connectivity index (χ4n) is 3.79. The van der Waals surface area contributed by atoms with Crippen LogP contribution in [0.5, 0.6) is 0 Å². The lowest BCUT2D eigenvalue weighted by Gasteiger charge is -2.34. The first-order chi connectivity index (χ1) is 14.7. The quantitative estimate of drug-likeness (QED) is 0.576. The Morgan fingerprint density at radius 1 is 1.19 bits per heavy atom. The molecule has 5 nitrogen and oxygen atoms in total. The zero-order chi connectivity index (χ0) is 22.9. The number of halogens is 3. The van der Waals surface area contributed by atoms with Gasteiger partial charge < -0.3 is 16.0 Å². The van der Waals surface area contributed by atoms with Gasteiger partial charge in [-0.05, 0) is 38.2 Å². The van der Waals surface area contributed by atoms with E-state index in [-0.39, 0.29) is 12.5 Å². The summed E-state index contributed by atoms with van der Waals surface area (Å²) in [6.45, 7) is 1.43. The van der Waals surface area contributed by atoms with Crippen molar-refractivity contribution in [1.82, 2.24) is 10.2 Å². The van der Waals surface area contributed by atoms with E-state index in [0.717, 1.165) is 29.7 Å². The zero-order valence-corrected chi connectivity index (χ0v) is 17.9. The molecule has 2 rings (SSSR count). The SMILES string of the molecule is C[C@H](N)C(=O)N[C@H](/C=C/CN(C(=O)C(F)(F)F)C1CCCCC1)CCc1ccccc1. The van der Waals surface area contributed by atoms with Crippen molar-refractivity contribution < 1.29 is 22.8 Å². The summed E-state index contributed by atoms with van der Waals surface area (Å²) in [6.07, 6.45) is 3.34. The number of alkyl halides is 3. The Bertz CT molecular complexity index is 729. The monoisotopic (exact) mass is 439 g/mol. The van der Waals surface area contributed by atoms with Crippen LogP contribution in [0.1, 0.15) is 51.0 Å². The van der Waals surface area contributed by atoms with E-state index in [0.29, 0.717) is 25.7 Å². The number of nitrogens with one attached hydrogen (secondary N) is 1. The maximum atomic E-state index is 13.1. The largest absolute Gasteiger partial charge is 0.471 e. The lowest BCUT2D eigenvalue weighted by Crippen LogP contribution is -2.48. The maximum absolute atomic E-state index is 13.1. The lowest BCUT2D eigenvalue weighted by atomic mass is 9.94. The molecule has 0 bridgehead atoms. The zero-order valence-electron chi connectivity index (χ0n) is 17.9. The molecule has 31 heavy (non-hydrogen) atoms. The van der Waals surface area contributed by atoms with Crippen molar-refractivity contribution in [1.29, 1.82) is 0 Å². The smallest absolute Gasteiger partial charge is 0.349 e. The van der Waals surface area contributed by atoms with Gasteiger partial charge >= 0.3 is 12.1 Å². The molecule has 1 aromatic rings. The molecule has 1 aromatic carbocycles. The van der Waals surface area contributed by atoms with Crippen LogP contribution in [0.3, 0.4) is 0 Å². The van der Waals surface area contributed by atoms with Crippen molar-refractivity contribution in [3.05, 3.63) is 48.0 Å². The lowest BCUT2D eigenvalue weighted by molar-refractivity contribution is -0.187. The van der Waals surface area contributed by atoms with Gasteiger partial charge in [0.15, 0.2) is 0 Å². The summed E-state index contributed by atoms with van der Waals surface area (Å²) in [5.74, 6) is -2.14. The van der Waals surface area contributed by atoms with Crippen LogP contribution in [0, 0.1) is 0 Å². The molecule has 3 N–H and O–H groups in total. The third kappa shape index (κ3) is 8.36. The second kappa shape index (κ2) is 11.9. The molecule has 172 valence electrons. The van der Waals surface area contributed by atoms with Crippen LogP contribution < -0.4 is 11.1 Å². The van der Waals surface area contributed by atoms with E-state index in [4.69, 9.17) is 5.73 Å². The minimum absolute atomic E-state index is 0.140. The Labute approximate surface area is 181 Å². The molecular formula is C23H32F3N3O2. The summed E-state index contributed by atoms with van der Waals surface area (Å²) in [5.41, 5.74) is 6.73. The number of hydrogen-bond acceptors (Lipinski definition) is 3. The van der Waals surface area contributed by atoms with Gasteiger partial charge in [-0.25, -0.2) is 0 Å². The van der Waals surface area contributed by atoms with Crippen molar-refractivity contribution in [3.8, 4) is 0 Å². The van der Waals surface area contributed by atoms with Crippen molar-refractivity contribution in [2.75, 3.05) is 6.54 Å². The number of aryl methyl sites for hydroxylation is 1. The topological polar surface area (TPSA) is 75.4 Å². The van der Waals surface area contributed by atoms with E-state index in [1.54, 1.807) is 19.1 Å². The Morgan fingerprint density at radius 2 is 1.84 bits per heavy atom. The Kier molecular flexibility index (Phi) is 9.55. The molecule has 2 atom stereocenters. The van der Waals surface area contributed by atoms with E-state index < -0.39 is 30.2 Å². The first-order valence-electron chi connectivity index (χ1n) is 10.8. The van der Waals surface area contributed by atoms with Crippen LogP contribution in [-0.4, -0.2) is 47.6 Å². The van der Waals surface area contributed by atoms with Gasteiger partial charge in [-0.3, -0.25) is 9.59 Å².